The van der Waals surface area contributed by atoms with Gasteiger partial charge in [-0.3, -0.25) is 4.79 Å². The first-order valence-electron chi connectivity index (χ1n) is 10.0. The van der Waals surface area contributed by atoms with Crippen LogP contribution in [-0.2, 0) is 4.79 Å². The molecule has 0 spiro atoms. The zero-order chi connectivity index (χ0) is 21.5. The predicted molar refractivity (Wildman–Crippen MR) is 113 cm³/mol. The van der Waals surface area contributed by atoms with Crippen LogP contribution in [0.1, 0.15) is 51.0 Å². The number of nitrogens with zero attached hydrogens (tertiary/aromatic N) is 2. The minimum Gasteiger partial charge on any atom is -0.494 e. The van der Waals surface area contributed by atoms with Gasteiger partial charge in [-0.25, -0.2) is 0 Å². The van der Waals surface area contributed by atoms with Gasteiger partial charge in [0.25, 0.3) is 11.8 Å². The van der Waals surface area contributed by atoms with E-state index in [1.165, 1.54) is 0 Å². The number of benzene rings is 2. The molecule has 0 radical (unpaired) electrons. The topological polar surface area (TPSA) is 86.5 Å². The maximum Gasteiger partial charge on any atom is 0.258 e. The number of carbonyl (C=O) groups excluding carboxylic acids is 1. The van der Waals surface area contributed by atoms with Crippen LogP contribution in [0.2, 0.25) is 0 Å². The first-order valence-corrected chi connectivity index (χ1v) is 10.0. The van der Waals surface area contributed by atoms with Crippen molar-refractivity contribution in [3.63, 3.8) is 0 Å². The van der Waals surface area contributed by atoms with Crippen LogP contribution in [0.4, 0.5) is 0 Å². The van der Waals surface area contributed by atoms with Crippen LogP contribution in [-0.4, -0.2) is 29.3 Å². The summed E-state index contributed by atoms with van der Waals surface area (Å²) in [4.78, 5) is 16.6. The molecule has 30 heavy (non-hydrogen) atoms. The normalized spacial score (nSPS) is 11.9. The molecule has 3 aromatic rings. The molecule has 0 fully saturated rings. The van der Waals surface area contributed by atoms with E-state index in [2.05, 4.69) is 15.5 Å². The molecule has 3 rings (SSSR count). The number of carbonyl (C=O) groups is 1. The van der Waals surface area contributed by atoms with E-state index in [9.17, 15) is 4.79 Å². The Kier molecular flexibility index (Phi) is 7.06. The lowest BCUT2D eigenvalue weighted by Gasteiger charge is -2.15. The number of rotatable bonds is 9. The van der Waals surface area contributed by atoms with Crippen LogP contribution in [0, 0.1) is 0 Å². The molecule has 2 aromatic carbocycles. The molecular weight excluding hydrogens is 382 g/mol. The molecule has 7 nitrogen and oxygen atoms in total. The molecule has 1 heterocycles. The van der Waals surface area contributed by atoms with Gasteiger partial charge < -0.3 is 19.3 Å². The van der Waals surface area contributed by atoms with Crippen molar-refractivity contribution in [2.75, 3.05) is 13.2 Å². The maximum absolute atomic E-state index is 12.2. The van der Waals surface area contributed by atoms with E-state index in [0.29, 0.717) is 24.1 Å². The van der Waals surface area contributed by atoms with E-state index in [1.807, 2.05) is 64.1 Å². The van der Waals surface area contributed by atoms with Crippen LogP contribution in [0.25, 0.3) is 11.5 Å². The lowest BCUT2D eigenvalue weighted by Crippen LogP contribution is -2.31. The first kappa shape index (κ1) is 21.4. The lowest BCUT2D eigenvalue weighted by atomic mass is 10.1. The molecule has 0 aliphatic carbocycles. The maximum atomic E-state index is 12.2. The average molecular weight is 409 g/mol. The monoisotopic (exact) mass is 409 g/mol. The summed E-state index contributed by atoms with van der Waals surface area (Å²) in [6, 6.07) is 14.7. The van der Waals surface area contributed by atoms with Crippen LogP contribution < -0.4 is 14.8 Å². The van der Waals surface area contributed by atoms with E-state index in [0.717, 1.165) is 16.9 Å². The zero-order valence-electron chi connectivity index (χ0n) is 17.7. The highest BCUT2D eigenvalue weighted by atomic mass is 16.5. The van der Waals surface area contributed by atoms with E-state index < -0.39 is 0 Å². The van der Waals surface area contributed by atoms with E-state index >= 15 is 0 Å². The number of nitrogens with one attached hydrogen (secondary N) is 1. The van der Waals surface area contributed by atoms with Crippen molar-refractivity contribution in [3.05, 3.63) is 59.9 Å². The van der Waals surface area contributed by atoms with Gasteiger partial charge in [-0.1, -0.05) is 31.1 Å². The Hall–Kier alpha value is -3.35. The summed E-state index contributed by atoms with van der Waals surface area (Å²) in [7, 11) is 0. The van der Waals surface area contributed by atoms with Gasteiger partial charge in [-0.05, 0) is 55.8 Å². The van der Waals surface area contributed by atoms with Crippen molar-refractivity contribution in [2.24, 2.45) is 0 Å². The third-order valence-corrected chi connectivity index (χ3v) is 4.50. The van der Waals surface area contributed by atoms with Gasteiger partial charge >= 0.3 is 0 Å². The SMILES string of the molecule is CCOc1ccc([C@@H](C)NC(=O)COc2ccc(-c3nc(C(C)C)no3)cc2)cc1. The molecule has 1 amide bonds. The third kappa shape index (κ3) is 5.59. The highest BCUT2D eigenvalue weighted by molar-refractivity contribution is 5.78. The van der Waals surface area contributed by atoms with E-state index in [-0.39, 0.29) is 24.5 Å². The molecule has 0 unspecified atom stereocenters. The van der Waals surface area contributed by atoms with Gasteiger partial charge in [0.2, 0.25) is 0 Å². The fourth-order valence-electron chi connectivity index (χ4n) is 2.82. The van der Waals surface area contributed by atoms with Gasteiger partial charge in [-0.15, -0.1) is 0 Å². The van der Waals surface area contributed by atoms with Crippen LogP contribution >= 0.6 is 0 Å². The summed E-state index contributed by atoms with van der Waals surface area (Å²) < 4.78 is 16.3. The summed E-state index contributed by atoms with van der Waals surface area (Å²) in [5, 5.41) is 6.89. The Bertz CT molecular complexity index is 949. The fourth-order valence-corrected chi connectivity index (χ4v) is 2.82. The number of hydrogen-bond donors (Lipinski definition) is 1. The van der Waals surface area contributed by atoms with Gasteiger partial charge in [0, 0.05) is 11.5 Å². The standard InChI is InChI=1S/C23H27N3O4/c1-5-28-19-10-6-17(7-11-19)16(4)24-21(27)14-29-20-12-8-18(9-13-20)23-25-22(15(2)3)26-30-23/h6-13,15-16H,5,14H2,1-4H3,(H,24,27)/t16-/m1/s1. The minimum atomic E-state index is -0.195. The second-order valence-electron chi connectivity index (χ2n) is 7.22. The Morgan fingerprint density at radius 1 is 1.00 bits per heavy atom. The average Bonchev–Trinajstić information content (AvgIpc) is 3.24. The smallest absolute Gasteiger partial charge is 0.258 e. The Morgan fingerprint density at radius 2 is 1.63 bits per heavy atom. The molecule has 1 N–H and O–H groups in total. The van der Waals surface area contributed by atoms with Crippen molar-refractivity contribution in [3.8, 4) is 23.0 Å². The Morgan fingerprint density at radius 3 is 2.23 bits per heavy atom. The molecular formula is C23H27N3O4. The van der Waals surface area contributed by atoms with Crippen molar-refractivity contribution < 1.29 is 18.8 Å². The van der Waals surface area contributed by atoms with Crippen molar-refractivity contribution in [2.45, 2.75) is 39.7 Å². The Balaban J connectivity index is 1.50. The molecule has 0 aliphatic rings. The molecule has 7 heteroatoms. The summed E-state index contributed by atoms with van der Waals surface area (Å²) in [6.45, 7) is 8.44. The van der Waals surface area contributed by atoms with Crippen LogP contribution in [0.3, 0.4) is 0 Å². The van der Waals surface area contributed by atoms with Crippen LogP contribution in [0.15, 0.2) is 53.1 Å². The highest BCUT2D eigenvalue weighted by Crippen LogP contribution is 2.23. The second kappa shape index (κ2) is 9.91. The number of ether oxygens (including phenoxy) is 2. The summed E-state index contributed by atoms with van der Waals surface area (Å²) >= 11 is 0. The molecule has 0 aliphatic heterocycles. The molecule has 158 valence electrons. The zero-order valence-corrected chi connectivity index (χ0v) is 17.7. The highest BCUT2D eigenvalue weighted by Gasteiger charge is 2.13. The number of amides is 1. The minimum absolute atomic E-state index is 0.0707. The fraction of sp³-hybridized carbons (Fsp3) is 0.348. The lowest BCUT2D eigenvalue weighted by molar-refractivity contribution is -0.123. The van der Waals surface area contributed by atoms with Crippen molar-refractivity contribution in [1.82, 2.24) is 15.5 Å². The van der Waals surface area contributed by atoms with Gasteiger partial charge in [0.05, 0.1) is 12.6 Å². The van der Waals surface area contributed by atoms with E-state index in [1.54, 1.807) is 12.1 Å². The van der Waals surface area contributed by atoms with Crippen molar-refractivity contribution >= 4 is 5.91 Å². The van der Waals surface area contributed by atoms with Gasteiger partial charge in [0.15, 0.2) is 12.4 Å². The largest absolute Gasteiger partial charge is 0.494 e. The molecule has 0 saturated heterocycles. The molecule has 0 saturated carbocycles. The number of hydrogen-bond acceptors (Lipinski definition) is 6. The Labute approximate surface area is 176 Å². The predicted octanol–water partition coefficient (Wildman–Crippen LogP) is 4.51. The summed E-state index contributed by atoms with van der Waals surface area (Å²) in [5.74, 6) is 2.54. The van der Waals surface area contributed by atoms with Gasteiger partial charge in [-0.2, -0.15) is 4.98 Å². The first-order chi connectivity index (χ1) is 14.5. The molecule has 1 atom stereocenters. The summed E-state index contributed by atoms with van der Waals surface area (Å²) in [5.41, 5.74) is 1.80. The number of aromatic nitrogens is 2. The second-order valence-corrected chi connectivity index (χ2v) is 7.22. The third-order valence-electron chi connectivity index (χ3n) is 4.50. The molecule has 0 bridgehead atoms. The molecule has 1 aromatic heterocycles. The summed E-state index contributed by atoms with van der Waals surface area (Å²) in [6.07, 6.45) is 0. The quantitative estimate of drug-likeness (QED) is 0.559. The van der Waals surface area contributed by atoms with Crippen LogP contribution in [0.5, 0.6) is 11.5 Å². The van der Waals surface area contributed by atoms with Crippen molar-refractivity contribution in [1.29, 1.82) is 0 Å². The van der Waals surface area contributed by atoms with E-state index in [4.69, 9.17) is 14.0 Å². The van der Waals surface area contributed by atoms with Gasteiger partial charge in [0.1, 0.15) is 11.5 Å².